The number of ketones is 1. The number of aryl methyl sites for hydroxylation is 1. The standard InChI is InChI=1S/C28H34N2O7/c1-18-16-19(6-8-22(18)35-3)26(31)24-25(21-17-20(34-2)7-9-23(21)36-4)30(28(33)27(24)32)11-5-10-29-12-14-37-15-13-29/h6-9,16-17,25,31H,5,10-15H2,1-4H3/b26-24+/t25-/m0/s1. The molecular weight excluding hydrogens is 476 g/mol. The number of amides is 1. The van der Waals surface area contributed by atoms with Gasteiger partial charge in [0, 0.05) is 37.3 Å². The number of methoxy groups -OCH3 is 3. The molecule has 0 radical (unpaired) electrons. The van der Waals surface area contributed by atoms with Gasteiger partial charge in [-0.25, -0.2) is 0 Å². The maximum Gasteiger partial charge on any atom is 0.295 e. The molecule has 2 heterocycles. The molecule has 2 saturated heterocycles. The fourth-order valence-electron chi connectivity index (χ4n) is 4.96. The van der Waals surface area contributed by atoms with Gasteiger partial charge in [-0.15, -0.1) is 0 Å². The number of carbonyl (C=O) groups is 2. The van der Waals surface area contributed by atoms with Crippen molar-refractivity contribution in [2.24, 2.45) is 0 Å². The molecule has 2 aliphatic rings. The Labute approximate surface area is 217 Å². The summed E-state index contributed by atoms with van der Waals surface area (Å²) in [6, 6.07) is 9.53. The third-order valence-corrected chi connectivity index (χ3v) is 6.92. The summed E-state index contributed by atoms with van der Waals surface area (Å²) >= 11 is 0. The summed E-state index contributed by atoms with van der Waals surface area (Å²) in [7, 11) is 4.65. The molecule has 198 valence electrons. The molecule has 4 rings (SSSR count). The molecule has 0 aromatic heterocycles. The molecule has 0 bridgehead atoms. The number of hydrogen-bond acceptors (Lipinski definition) is 8. The van der Waals surface area contributed by atoms with Gasteiger partial charge in [-0.1, -0.05) is 0 Å². The monoisotopic (exact) mass is 510 g/mol. The van der Waals surface area contributed by atoms with E-state index in [0.29, 0.717) is 54.6 Å². The van der Waals surface area contributed by atoms with Crippen molar-refractivity contribution in [3.63, 3.8) is 0 Å². The number of hydrogen-bond donors (Lipinski definition) is 1. The Morgan fingerprint density at radius 1 is 0.973 bits per heavy atom. The Kier molecular flexibility index (Phi) is 8.35. The summed E-state index contributed by atoms with van der Waals surface area (Å²) in [6.07, 6.45) is 0.664. The van der Waals surface area contributed by atoms with Crippen molar-refractivity contribution in [1.82, 2.24) is 9.80 Å². The molecule has 0 unspecified atom stereocenters. The number of Topliss-reactive ketones (excluding diaryl/α,β-unsaturated/α-hetero) is 1. The Balaban J connectivity index is 1.77. The summed E-state index contributed by atoms with van der Waals surface area (Å²) in [5.74, 6) is 0.0781. The van der Waals surface area contributed by atoms with Gasteiger partial charge in [-0.05, 0) is 55.3 Å². The molecule has 9 heteroatoms. The predicted molar refractivity (Wildman–Crippen MR) is 138 cm³/mol. The molecule has 37 heavy (non-hydrogen) atoms. The summed E-state index contributed by atoms with van der Waals surface area (Å²) in [5.41, 5.74) is 1.81. The fourth-order valence-corrected chi connectivity index (χ4v) is 4.96. The Bertz CT molecular complexity index is 1190. The summed E-state index contributed by atoms with van der Waals surface area (Å²) in [6.45, 7) is 6.00. The number of ether oxygens (including phenoxy) is 4. The molecule has 9 nitrogen and oxygen atoms in total. The number of rotatable bonds is 9. The summed E-state index contributed by atoms with van der Waals surface area (Å²) < 4.78 is 21.8. The number of likely N-dealkylation sites (tertiary alicyclic amines) is 1. The van der Waals surface area contributed by atoms with Crippen molar-refractivity contribution in [2.75, 3.05) is 60.7 Å². The highest BCUT2D eigenvalue weighted by molar-refractivity contribution is 6.46. The maximum absolute atomic E-state index is 13.4. The van der Waals surface area contributed by atoms with Crippen molar-refractivity contribution < 1.29 is 33.6 Å². The Morgan fingerprint density at radius 3 is 2.32 bits per heavy atom. The number of benzene rings is 2. The van der Waals surface area contributed by atoms with E-state index in [0.717, 1.165) is 25.2 Å². The second-order valence-corrected chi connectivity index (χ2v) is 9.09. The van der Waals surface area contributed by atoms with Crippen molar-refractivity contribution in [2.45, 2.75) is 19.4 Å². The van der Waals surface area contributed by atoms with Gasteiger partial charge in [-0.2, -0.15) is 0 Å². The van der Waals surface area contributed by atoms with Crippen LogP contribution in [0, 0.1) is 6.92 Å². The van der Waals surface area contributed by atoms with Gasteiger partial charge in [0.05, 0.1) is 46.2 Å². The SMILES string of the molecule is COc1ccc(OC)c([C@H]2/C(=C(\O)c3ccc(OC)c(C)c3)C(=O)C(=O)N2CCCN2CCOCC2)c1. The van der Waals surface area contributed by atoms with Gasteiger partial charge in [-0.3, -0.25) is 14.5 Å². The highest BCUT2D eigenvalue weighted by Gasteiger charge is 2.47. The first kappa shape index (κ1) is 26.5. The first-order chi connectivity index (χ1) is 17.9. The highest BCUT2D eigenvalue weighted by atomic mass is 16.5. The van der Waals surface area contributed by atoms with Gasteiger partial charge in [0.2, 0.25) is 0 Å². The van der Waals surface area contributed by atoms with Crippen LogP contribution < -0.4 is 14.2 Å². The minimum atomic E-state index is -0.836. The normalized spacial score (nSPS) is 19.8. The fraction of sp³-hybridized carbons (Fsp3) is 0.429. The first-order valence-electron chi connectivity index (χ1n) is 12.3. The third kappa shape index (κ3) is 5.42. The summed E-state index contributed by atoms with van der Waals surface area (Å²) in [4.78, 5) is 30.6. The number of morpholine rings is 1. The van der Waals surface area contributed by atoms with Gasteiger partial charge in [0.1, 0.15) is 23.0 Å². The van der Waals surface area contributed by atoms with Crippen LogP contribution in [0.5, 0.6) is 17.2 Å². The molecule has 2 aromatic carbocycles. The van der Waals surface area contributed by atoms with E-state index in [1.54, 1.807) is 50.6 Å². The van der Waals surface area contributed by atoms with Crippen LogP contribution in [0.25, 0.3) is 5.76 Å². The molecule has 2 aromatic rings. The molecular formula is C28H34N2O7. The molecule has 2 fully saturated rings. The van der Waals surface area contributed by atoms with Crippen molar-refractivity contribution in [3.8, 4) is 17.2 Å². The van der Waals surface area contributed by atoms with Crippen LogP contribution in [0.3, 0.4) is 0 Å². The van der Waals surface area contributed by atoms with E-state index in [9.17, 15) is 14.7 Å². The van der Waals surface area contributed by atoms with E-state index in [1.807, 2.05) is 6.92 Å². The smallest absolute Gasteiger partial charge is 0.295 e. The molecule has 1 atom stereocenters. The van der Waals surface area contributed by atoms with E-state index in [2.05, 4.69) is 4.90 Å². The lowest BCUT2D eigenvalue weighted by Gasteiger charge is -2.29. The van der Waals surface area contributed by atoms with Gasteiger partial charge in [0.15, 0.2) is 0 Å². The van der Waals surface area contributed by atoms with Crippen LogP contribution in [-0.4, -0.2) is 87.3 Å². The predicted octanol–water partition coefficient (Wildman–Crippen LogP) is 3.16. The van der Waals surface area contributed by atoms with Crippen LogP contribution in [0.2, 0.25) is 0 Å². The van der Waals surface area contributed by atoms with Gasteiger partial charge in [0.25, 0.3) is 11.7 Å². The molecule has 1 N–H and O–H groups in total. The van der Waals surface area contributed by atoms with Gasteiger partial charge >= 0.3 is 0 Å². The van der Waals surface area contributed by atoms with E-state index in [1.165, 1.54) is 12.0 Å². The second-order valence-electron chi connectivity index (χ2n) is 9.09. The highest BCUT2D eigenvalue weighted by Crippen LogP contribution is 2.44. The van der Waals surface area contributed by atoms with Crippen molar-refractivity contribution in [1.29, 1.82) is 0 Å². The lowest BCUT2D eigenvalue weighted by atomic mass is 9.94. The molecule has 0 saturated carbocycles. The Morgan fingerprint density at radius 2 is 1.68 bits per heavy atom. The minimum absolute atomic E-state index is 0.0208. The third-order valence-electron chi connectivity index (χ3n) is 6.92. The van der Waals surface area contributed by atoms with E-state index < -0.39 is 17.7 Å². The second kappa shape index (κ2) is 11.7. The minimum Gasteiger partial charge on any atom is -0.507 e. The van der Waals surface area contributed by atoms with E-state index >= 15 is 0 Å². The topological polar surface area (TPSA) is 97.8 Å². The van der Waals surface area contributed by atoms with Crippen LogP contribution in [0.4, 0.5) is 0 Å². The van der Waals surface area contributed by atoms with Crippen LogP contribution in [0.15, 0.2) is 42.0 Å². The number of aliphatic hydroxyl groups excluding tert-OH is 1. The van der Waals surface area contributed by atoms with Crippen LogP contribution in [0.1, 0.15) is 29.2 Å². The first-order valence-corrected chi connectivity index (χ1v) is 12.3. The molecule has 0 spiro atoms. The van der Waals surface area contributed by atoms with Crippen LogP contribution >= 0.6 is 0 Å². The van der Waals surface area contributed by atoms with Crippen molar-refractivity contribution in [3.05, 3.63) is 58.7 Å². The Hall–Kier alpha value is -3.56. The lowest BCUT2D eigenvalue weighted by Crippen LogP contribution is -2.39. The lowest BCUT2D eigenvalue weighted by molar-refractivity contribution is -0.140. The average molecular weight is 511 g/mol. The molecule has 0 aliphatic carbocycles. The molecule has 2 aliphatic heterocycles. The van der Waals surface area contributed by atoms with E-state index in [4.69, 9.17) is 18.9 Å². The average Bonchev–Trinajstić information content (AvgIpc) is 3.17. The largest absolute Gasteiger partial charge is 0.507 e. The maximum atomic E-state index is 13.4. The zero-order chi connectivity index (χ0) is 26.5. The zero-order valence-electron chi connectivity index (χ0n) is 21.8. The number of carbonyl (C=O) groups excluding carboxylic acids is 2. The molecule has 1 amide bonds. The zero-order valence-corrected chi connectivity index (χ0v) is 21.8. The van der Waals surface area contributed by atoms with E-state index in [-0.39, 0.29) is 11.3 Å². The quantitative estimate of drug-likeness (QED) is 0.312. The summed E-state index contributed by atoms with van der Waals surface area (Å²) in [5, 5.41) is 11.4. The number of nitrogens with zero attached hydrogens (tertiary/aromatic N) is 2. The van der Waals surface area contributed by atoms with Crippen molar-refractivity contribution >= 4 is 17.4 Å². The number of aliphatic hydroxyl groups is 1. The van der Waals surface area contributed by atoms with Gasteiger partial charge < -0.3 is 29.0 Å². The van der Waals surface area contributed by atoms with Crippen LogP contribution in [-0.2, 0) is 14.3 Å².